The highest BCUT2D eigenvalue weighted by atomic mass is 35.5. The molecule has 3 rings (SSSR count). The Morgan fingerprint density at radius 3 is 3.11 bits per heavy atom. The van der Waals surface area contributed by atoms with E-state index in [1.165, 1.54) is 6.42 Å². The summed E-state index contributed by atoms with van der Waals surface area (Å²) in [5.41, 5.74) is 0. The molecule has 1 unspecified atom stereocenters. The lowest BCUT2D eigenvalue weighted by molar-refractivity contribution is 0.261. The third-order valence-corrected chi connectivity index (χ3v) is 3.78. The maximum Gasteiger partial charge on any atom is 0.161 e. The van der Waals surface area contributed by atoms with Crippen LogP contribution in [-0.4, -0.2) is 46.3 Å². The van der Waals surface area contributed by atoms with E-state index in [0.717, 1.165) is 36.1 Å². The van der Waals surface area contributed by atoms with Gasteiger partial charge in [0.05, 0.1) is 0 Å². The van der Waals surface area contributed by atoms with Gasteiger partial charge in [-0.25, -0.2) is 0 Å². The first-order valence-electron chi connectivity index (χ1n) is 6.45. The smallest absolute Gasteiger partial charge is 0.161 e. The minimum Gasteiger partial charge on any atom is -0.364 e. The average Bonchev–Trinajstić information content (AvgIpc) is 2.42. The molecule has 1 aliphatic rings. The van der Waals surface area contributed by atoms with Crippen molar-refractivity contribution < 1.29 is 0 Å². The second-order valence-electron chi connectivity index (χ2n) is 5.01. The number of pyridine rings is 1. The molecule has 1 aliphatic heterocycles. The van der Waals surface area contributed by atoms with Crippen LogP contribution in [0.25, 0.3) is 10.8 Å². The van der Waals surface area contributed by atoms with Gasteiger partial charge in [0.1, 0.15) is 0 Å². The number of piperidine rings is 1. The van der Waals surface area contributed by atoms with Crippen LogP contribution in [0.2, 0.25) is 5.15 Å². The van der Waals surface area contributed by atoms with Gasteiger partial charge < -0.3 is 10.2 Å². The van der Waals surface area contributed by atoms with E-state index in [4.69, 9.17) is 11.6 Å². The van der Waals surface area contributed by atoms with Crippen molar-refractivity contribution in [3.05, 3.63) is 23.6 Å². The summed E-state index contributed by atoms with van der Waals surface area (Å²) in [6.45, 7) is 2.19. The van der Waals surface area contributed by atoms with Crippen LogP contribution in [0.5, 0.6) is 0 Å². The maximum absolute atomic E-state index is 6.05. The standard InChI is InChI=1S/C13H16ClN5/c1-19-6-2-3-9(8-19)16-13-10-4-5-15-7-11(10)12(14)17-18-13/h4-5,7,9H,2-3,6,8H2,1H3,(H,16,18). The molecule has 0 amide bonds. The monoisotopic (exact) mass is 277 g/mol. The second-order valence-corrected chi connectivity index (χ2v) is 5.36. The van der Waals surface area contributed by atoms with E-state index < -0.39 is 0 Å². The molecule has 1 atom stereocenters. The fourth-order valence-corrected chi connectivity index (χ4v) is 2.74. The first-order valence-corrected chi connectivity index (χ1v) is 6.83. The number of likely N-dealkylation sites (tertiary alicyclic amines) is 1. The van der Waals surface area contributed by atoms with Gasteiger partial charge >= 0.3 is 0 Å². The molecule has 1 saturated heterocycles. The van der Waals surface area contributed by atoms with Crippen LogP contribution in [0.1, 0.15) is 12.8 Å². The van der Waals surface area contributed by atoms with Gasteiger partial charge in [-0.3, -0.25) is 4.98 Å². The summed E-state index contributed by atoms with van der Waals surface area (Å²) in [6, 6.07) is 2.33. The average molecular weight is 278 g/mol. The molecular weight excluding hydrogens is 262 g/mol. The summed E-state index contributed by atoms with van der Waals surface area (Å²) in [5, 5.41) is 13.9. The summed E-state index contributed by atoms with van der Waals surface area (Å²) < 4.78 is 0. The van der Waals surface area contributed by atoms with Crippen molar-refractivity contribution in [3.8, 4) is 0 Å². The maximum atomic E-state index is 6.05. The number of nitrogens with zero attached hydrogens (tertiary/aromatic N) is 4. The Bertz CT molecular complexity index is 588. The van der Waals surface area contributed by atoms with Crippen LogP contribution in [0.15, 0.2) is 18.5 Å². The third-order valence-electron chi connectivity index (χ3n) is 3.50. The van der Waals surface area contributed by atoms with Crippen molar-refractivity contribution in [1.29, 1.82) is 0 Å². The second kappa shape index (κ2) is 5.27. The summed E-state index contributed by atoms with van der Waals surface area (Å²) in [4.78, 5) is 6.41. The van der Waals surface area contributed by atoms with E-state index in [1.807, 2.05) is 6.07 Å². The summed E-state index contributed by atoms with van der Waals surface area (Å²) in [6.07, 6.45) is 5.83. The zero-order chi connectivity index (χ0) is 13.2. The molecule has 2 aromatic heterocycles. The van der Waals surface area contributed by atoms with Crippen LogP contribution in [0, 0.1) is 0 Å². The Kier molecular flexibility index (Phi) is 3.48. The molecule has 0 aliphatic carbocycles. The first kappa shape index (κ1) is 12.6. The van der Waals surface area contributed by atoms with Gasteiger partial charge in [0.25, 0.3) is 0 Å². The molecule has 19 heavy (non-hydrogen) atoms. The lowest BCUT2D eigenvalue weighted by atomic mass is 10.1. The summed E-state index contributed by atoms with van der Waals surface area (Å²) in [7, 11) is 2.14. The lowest BCUT2D eigenvalue weighted by Crippen LogP contribution is -2.40. The minimum absolute atomic E-state index is 0.398. The molecule has 6 heteroatoms. The van der Waals surface area contributed by atoms with Crippen LogP contribution < -0.4 is 5.32 Å². The molecular formula is C13H16ClN5. The van der Waals surface area contributed by atoms with E-state index >= 15 is 0 Å². The van der Waals surface area contributed by atoms with Gasteiger partial charge in [0, 0.05) is 35.8 Å². The summed E-state index contributed by atoms with van der Waals surface area (Å²) in [5.74, 6) is 0.794. The van der Waals surface area contributed by atoms with Crippen LogP contribution >= 0.6 is 11.6 Å². The highest BCUT2D eigenvalue weighted by Gasteiger charge is 2.18. The molecule has 1 fully saturated rings. The van der Waals surface area contributed by atoms with E-state index in [1.54, 1.807) is 12.4 Å². The van der Waals surface area contributed by atoms with Crippen LogP contribution in [0.3, 0.4) is 0 Å². The van der Waals surface area contributed by atoms with Crippen molar-refractivity contribution in [3.63, 3.8) is 0 Å². The molecule has 100 valence electrons. The predicted molar refractivity (Wildman–Crippen MR) is 76.5 cm³/mol. The first-order chi connectivity index (χ1) is 9.24. The van der Waals surface area contributed by atoms with E-state index in [2.05, 4.69) is 32.4 Å². The minimum atomic E-state index is 0.398. The SMILES string of the molecule is CN1CCCC(Nc2nnc(Cl)c3cnccc23)C1. The van der Waals surface area contributed by atoms with E-state index in [-0.39, 0.29) is 0 Å². The molecule has 0 radical (unpaired) electrons. The zero-order valence-electron chi connectivity index (χ0n) is 10.8. The van der Waals surface area contributed by atoms with Crippen molar-refractivity contribution >= 4 is 28.2 Å². The molecule has 3 heterocycles. The quantitative estimate of drug-likeness (QED) is 0.912. The molecule has 1 N–H and O–H groups in total. The molecule has 0 bridgehead atoms. The molecule has 2 aromatic rings. The summed E-state index contributed by atoms with van der Waals surface area (Å²) >= 11 is 6.05. The number of hydrogen-bond acceptors (Lipinski definition) is 5. The number of halogens is 1. The van der Waals surface area contributed by atoms with Gasteiger partial charge in [-0.2, -0.15) is 0 Å². The Morgan fingerprint density at radius 2 is 2.26 bits per heavy atom. The van der Waals surface area contributed by atoms with Gasteiger partial charge in [0.2, 0.25) is 0 Å². The number of rotatable bonds is 2. The van der Waals surface area contributed by atoms with Gasteiger partial charge in [0.15, 0.2) is 11.0 Å². The van der Waals surface area contributed by atoms with Crippen LogP contribution in [-0.2, 0) is 0 Å². The number of hydrogen-bond donors (Lipinski definition) is 1. The fourth-order valence-electron chi connectivity index (χ4n) is 2.55. The number of anilines is 1. The van der Waals surface area contributed by atoms with Gasteiger partial charge in [-0.15, -0.1) is 10.2 Å². The Hall–Kier alpha value is -1.46. The number of fused-ring (bicyclic) bond motifs is 1. The fraction of sp³-hybridized carbons (Fsp3) is 0.462. The highest BCUT2D eigenvalue weighted by molar-refractivity contribution is 6.34. The van der Waals surface area contributed by atoms with Crippen molar-refractivity contribution in [1.82, 2.24) is 20.1 Å². The predicted octanol–water partition coefficient (Wildman–Crippen LogP) is 2.18. The number of likely N-dealkylation sites (N-methyl/N-ethyl adjacent to an activating group) is 1. The largest absolute Gasteiger partial charge is 0.364 e. The third kappa shape index (κ3) is 2.62. The highest BCUT2D eigenvalue weighted by Crippen LogP contribution is 2.26. The number of aromatic nitrogens is 3. The molecule has 0 aromatic carbocycles. The van der Waals surface area contributed by atoms with Crippen molar-refractivity contribution in [2.24, 2.45) is 0 Å². The van der Waals surface area contributed by atoms with Crippen molar-refractivity contribution in [2.45, 2.75) is 18.9 Å². The van der Waals surface area contributed by atoms with Crippen LogP contribution in [0.4, 0.5) is 5.82 Å². The normalized spacial score (nSPS) is 20.6. The molecule has 0 saturated carbocycles. The van der Waals surface area contributed by atoms with Gasteiger partial charge in [-0.05, 0) is 32.5 Å². The molecule has 5 nitrogen and oxygen atoms in total. The Morgan fingerprint density at radius 1 is 1.37 bits per heavy atom. The van der Waals surface area contributed by atoms with Gasteiger partial charge in [-0.1, -0.05) is 11.6 Å². The van der Waals surface area contributed by atoms with E-state index in [0.29, 0.717) is 11.2 Å². The number of nitrogens with one attached hydrogen (secondary N) is 1. The lowest BCUT2D eigenvalue weighted by Gasteiger charge is -2.30. The topological polar surface area (TPSA) is 53.9 Å². The Labute approximate surface area is 117 Å². The zero-order valence-corrected chi connectivity index (χ0v) is 11.6. The Balaban J connectivity index is 1.90. The van der Waals surface area contributed by atoms with E-state index in [9.17, 15) is 0 Å². The molecule has 0 spiro atoms. The van der Waals surface area contributed by atoms with Crippen molar-refractivity contribution in [2.75, 3.05) is 25.5 Å².